The van der Waals surface area contributed by atoms with Crippen LogP contribution in [0, 0.1) is 11.7 Å². The van der Waals surface area contributed by atoms with E-state index < -0.39 is 18.8 Å². The molecule has 0 spiro atoms. The lowest BCUT2D eigenvalue weighted by molar-refractivity contribution is 0.0945. The summed E-state index contributed by atoms with van der Waals surface area (Å²) in [7, 11) is 0. The van der Waals surface area contributed by atoms with E-state index in [2.05, 4.69) is 15.4 Å². The summed E-state index contributed by atoms with van der Waals surface area (Å²) in [6, 6.07) is 15.7. The van der Waals surface area contributed by atoms with Crippen molar-refractivity contribution >= 4 is 5.91 Å². The highest BCUT2D eigenvalue weighted by Gasteiger charge is 2.17. The van der Waals surface area contributed by atoms with Crippen LogP contribution in [0.2, 0.25) is 0 Å². The number of aromatic nitrogens is 3. The van der Waals surface area contributed by atoms with Crippen LogP contribution < -0.4 is 5.32 Å². The lowest BCUT2D eigenvalue weighted by Gasteiger charge is -2.13. The highest BCUT2D eigenvalue weighted by atomic mass is 19.3. The Balaban J connectivity index is 1.52. The zero-order valence-corrected chi connectivity index (χ0v) is 19.5. The summed E-state index contributed by atoms with van der Waals surface area (Å²) < 4.78 is 40.7. The first-order valence-corrected chi connectivity index (χ1v) is 11.4. The number of halogens is 3. The van der Waals surface area contributed by atoms with E-state index in [0.29, 0.717) is 29.8 Å². The SMILES string of the molecule is CC(CNC(=O)c1ccccc1O)Cc1cc(-c2cn(CC(F)F)nc2-c2ccc(F)cc2)ccn1. The molecular formula is C27H25F3N4O2. The third-order valence-corrected chi connectivity index (χ3v) is 5.65. The van der Waals surface area contributed by atoms with Crippen molar-refractivity contribution in [3.8, 4) is 28.1 Å². The molecule has 9 heteroatoms. The average Bonchev–Trinajstić information content (AvgIpc) is 3.26. The third kappa shape index (κ3) is 6.10. The number of carbonyl (C=O) groups is 1. The predicted molar refractivity (Wildman–Crippen MR) is 130 cm³/mol. The third-order valence-electron chi connectivity index (χ3n) is 5.65. The van der Waals surface area contributed by atoms with Gasteiger partial charge in [-0.2, -0.15) is 5.10 Å². The first kappa shape index (κ1) is 25.0. The molecule has 0 aliphatic heterocycles. The Morgan fingerprint density at radius 2 is 1.83 bits per heavy atom. The van der Waals surface area contributed by atoms with Crippen LogP contribution in [-0.4, -0.2) is 38.7 Å². The summed E-state index contributed by atoms with van der Waals surface area (Å²) in [6.45, 7) is 1.77. The maximum Gasteiger partial charge on any atom is 0.257 e. The second kappa shape index (κ2) is 11.1. The number of benzene rings is 2. The summed E-state index contributed by atoms with van der Waals surface area (Å²) in [6.07, 6.45) is 1.17. The van der Waals surface area contributed by atoms with Gasteiger partial charge in [0.2, 0.25) is 0 Å². The van der Waals surface area contributed by atoms with Crippen LogP contribution in [0.15, 0.2) is 73.1 Å². The highest BCUT2D eigenvalue weighted by molar-refractivity contribution is 5.96. The molecule has 2 aromatic heterocycles. The summed E-state index contributed by atoms with van der Waals surface area (Å²) in [5, 5.41) is 17.0. The Morgan fingerprint density at radius 3 is 2.56 bits per heavy atom. The molecule has 4 aromatic rings. The standard InChI is InChI=1S/C27H25F3N4O2/c1-17(14-32-27(36)22-4-2-3-5-24(22)35)12-21-13-19(10-11-31-21)23-15-34(16-25(29)30)33-26(23)18-6-8-20(28)9-7-18/h2-11,13,15,17,25,35H,12,14,16H2,1H3,(H,32,36). The number of phenols is 1. The second-order valence-corrected chi connectivity index (χ2v) is 8.58. The Kier molecular flexibility index (Phi) is 7.68. The lowest BCUT2D eigenvalue weighted by atomic mass is 9.99. The Bertz CT molecular complexity index is 1340. The van der Waals surface area contributed by atoms with Gasteiger partial charge in [-0.3, -0.25) is 14.5 Å². The molecule has 2 N–H and O–H groups in total. The van der Waals surface area contributed by atoms with Crippen LogP contribution in [-0.2, 0) is 13.0 Å². The normalized spacial score (nSPS) is 12.0. The van der Waals surface area contributed by atoms with Gasteiger partial charge in [0.05, 0.1) is 5.56 Å². The number of aromatic hydroxyl groups is 1. The predicted octanol–water partition coefficient (Wildman–Crippen LogP) is 5.33. The van der Waals surface area contributed by atoms with Crippen LogP contribution in [0.4, 0.5) is 13.2 Å². The first-order chi connectivity index (χ1) is 17.3. The number of carbonyl (C=O) groups excluding carboxylic acids is 1. The maximum absolute atomic E-state index is 13.4. The molecule has 0 radical (unpaired) electrons. The number of hydrogen-bond donors (Lipinski definition) is 2. The molecule has 0 fully saturated rings. The minimum Gasteiger partial charge on any atom is -0.507 e. The molecule has 6 nitrogen and oxygen atoms in total. The first-order valence-electron chi connectivity index (χ1n) is 11.4. The van der Waals surface area contributed by atoms with Gasteiger partial charge < -0.3 is 10.4 Å². The monoisotopic (exact) mass is 494 g/mol. The largest absolute Gasteiger partial charge is 0.507 e. The minimum atomic E-state index is -2.57. The zero-order chi connectivity index (χ0) is 25.7. The Morgan fingerprint density at radius 1 is 1.08 bits per heavy atom. The van der Waals surface area contributed by atoms with Crippen molar-refractivity contribution in [1.82, 2.24) is 20.1 Å². The van der Waals surface area contributed by atoms with Gasteiger partial charge in [-0.15, -0.1) is 0 Å². The number of para-hydroxylation sites is 1. The van der Waals surface area contributed by atoms with E-state index in [0.717, 1.165) is 11.3 Å². The van der Waals surface area contributed by atoms with Crippen molar-refractivity contribution in [1.29, 1.82) is 0 Å². The molecule has 36 heavy (non-hydrogen) atoms. The van der Waals surface area contributed by atoms with E-state index >= 15 is 0 Å². The number of nitrogens with zero attached hydrogens (tertiary/aromatic N) is 3. The van der Waals surface area contributed by atoms with Gasteiger partial charge >= 0.3 is 0 Å². The van der Waals surface area contributed by atoms with Crippen LogP contribution in [0.3, 0.4) is 0 Å². The van der Waals surface area contributed by atoms with E-state index in [9.17, 15) is 23.1 Å². The number of nitrogens with one attached hydrogen (secondary N) is 1. The molecule has 2 aromatic carbocycles. The molecule has 1 unspecified atom stereocenters. The molecule has 186 valence electrons. The number of hydrogen-bond acceptors (Lipinski definition) is 4. The van der Waals surface area contributed by atoms with Gasteiger partial charge in [0.1, 0.15) is 23.8 Å². The molecule has 1 atom stereocenters. The van der Waals surface area contributed by atoms with Crippen molar-refractivity contribution in [2.75, 3.05) is 6.54 Å². The zero-order valence-electron chi connectivity index (χ0n) is 19.5. The fourth-order valence-corrected chi connectivity index (χ4v) is 3.90. The van der Waals surface area contributed by atoms with Gasteiger partial charge in [-0.25, -0.2) is 13.2 Å². The quantitative estimate of drug-likeness (QED) is 0.330. The van der Waals surface area contributed by atoms with Gasteiger partial charge in [-0.1, -0.05) is 19.1 Å². The van der Waals surface area contributed by atoms with Crippen molar-refractivity contribution in [3.63, 3.8) is 0 Å². The van der Waals surface area contributed by atoms with Crippen molar-refractivity contribution in [2.45, 2.75) is 26.3 Å². The van der Waals surface area contributed by atoms with Crippen LogP contribution in [0.5, 0.6) is 5.75 Å². The van der Waals surface area contributed by atoms with Gasteiger partial charge in [0.15, 0.2) is 0 Å². The van der Waals surface area contributed by atoms with E-state index in [4.69, 9.17) is 0 Å². The molecule has 0 saturated heterocycles. The number of pyridine rings is 1. The fourth-order valence-electron chi connectivity index (χ4n) is 3.90. The summed E-state index contributed by atoms with van der Waals surface area (Å²) >= 11 is 0. The van der Waals surface area contributed by atoms with Gasteiger partial charge in [0.25, 0.3) is 12.3 Å². The average molecular weight is 495 g/mol. The van der Waals surface area contributed by atoms with Gasteiger partial charge in [0, 0.05) is 35.8 Å². The van der Waals surface area contributed by atoms with Crippen LogP contribution in [0.25, 0.3) is 22.4 Å². The number of phenolic OH excluding ortho intramolecular Hbond substituents is 1. The number of rotatable bonds is 9. The summed E-state index contributed by atoms with van der Waals surface area (Å²) in [4.78, 5) is 16.8. The lowest BCUT2D eigenvalue weighted by Crippen LogP contribution is -2.29. The van der Waals surface area contributed by atoms with Crippen LogP contribution in [0.1, 0.15) is 23.0 Å². The van der Waals surface area contributed by atoms with Crippen LogP contribution >= 0.6 is 0 Å². The van der Waals surface area contributed by atoms with Crippen molar-refractivity contribution < 1.29 is 23.1 Å². The molecule has 4 rings (SSSR count). The van der Waals surface area contributed by atoms with E-state index in [1.165, 1.54) is 22.9 Å². The van der Waals surface area contributed by atoms with E-state index in [-0.39, 0.29) is 23.1 Å². The summed E-state index contributed by atoms with van der Waals surface area (Å²) in [5.74, 6) is -0.818. The molecule has 0 bridgehead atoms. The summed E-state index contributed by atoms with van der Waals surface area (Å²) in [5.41, 5.74) is 3.41. The molecule has 1 amide bonds. The maximum atomic E-state index is 13.4. The number of alkyl halides is 2. The molecular weight excluding hydrogens is 469 g/mol. The van der Waals surface area contributed by atoms with E-state index in [1.807, 2.05) is 13.0 Å². The molecule has 2 heterocycles. The Hall–Kier alpha value is -4.14. The van der Waals surface area contributed by atoms with Gasteiger partial charge in [-0.05, 0) is 66.4 Å². The van der Waals surface area contributed by atoms with Crippen molar-refractivity contribution in [3.05, 3.63) is 90.1 Å². The number of amides is 1. The second-order valence-electron chi connectivity index (χ2n) is 8.58. The minimum absolute atomic E-state index is 0.0284. The topological polar surface area (TPSA) is 80.0 Å². The van der Waals surface area contributed by atoms with E-state index in [1.54, 1.807) is 48.8 Å². The Labute approximate surface area is 206 Å². The molecule has 0 saturated carbocycles. The highest BCUT2D eigenvalue weighted by Crippen LogP contribution is 2.32. The smallest absolute Gasteiger partial charge is 0.257 e. The fraction of sp³-hybridized carbons (Fsp3) is 0.222. The van der Waals surface area contributed by atoms with Crippen molar-refractivity contribution in [2.24, 2.45) is 5.92 Å². The molecule has 0 aliphatic carbocycles. The molecule has 0 aliphatic rings.